The summed E-state index contributed by atoms with van der Waals surface area (Å²) in [6.45, 7) is 4.09. The fraction of sp³-hybridized carbons (Fsp3) is 0.148. The molecule has 0 unspecified atom stereocenters. The van der Waals surface area contributed by atoms with Crippen LogP contribution in [-0.4, -0.2) is 17.7 Å². The fourth-order valence-electron chi connectivity index (χ4n) is 3.93. The number of carbonyl (C=O) groups excluding carboxylic acids is 3. The summed E-state index contributed by atoms with van der Waals surface area (Å²) in [5.41, 5.74) is 3.98. The number of para-hydroxylation sites is 1. The quantitative estimate of drug-likeness (QED) is 0.322. The first-order chi connectivity index (χ1) is 17.2. The summed E-state index contributed by atoms with van der Waals surface area (Å²) in [5.74, 6) is -1.60. The van der Waals surface area contributed by atoms with E-state index in [4.69, 9.17) is 34.8 Å². The van der Waals surface area contributed by atoms with Crippen molar-refractivity contribution in [3.63, 3.8) is 0 Å². The van der Waals surface area contributed by atoms with Crippen LogP contribution < -0.4 is 15.5 Å². The van der Waals surface area contributed by atoms with Gasteiger partial charge < -0.3 is 10.6 Å². The molecule has 1 heterocycles. The summed E-state index contributed by atoms with van der Waals surface area (Å²) < 4.78 is 0. The van der Waals surface area contributed by atoms with E-state index in [9.17, 15) is 14.4 Å². The van der Waals surface area contributed by atoms with Crippen LogP contribution >= 0.6 is 34.8 Å². The van der Waals surface area contributed by atoms with Crippen molar-refractivity contribution < 1.29 is 14.4 Å². The van der Waals surface area contributed by atoms with Gasteiger partial charge in [0.2, 0.25) is 0 Å². The minimum atomic E-state index is -0.703. The van der Waals surface area contributed by atoms with Gasteiger partial charge in [-0.2, -0.15) is 0 Å². The van der Waals surface area contributed by atoms with Gasteiger partial charge in [-0.15, -0.1) is 0 Å². The number of nitrogens with zero attached hydrogens (tertiary/aromatic N) is 1. The third-order valence-corrected chi connectivity index (χ3v) is 6.72. The van der Waals surface area contributed by atoms with Crippen molar-refractivity contribution in [1.82, 2.24) is 0 Å². The van der Waals surface area contributed by atoms with E-state index in [0.29, 0.717) is 16.3 Å². The molecule has 184 valence electrons. The molecule has 36 heavy (non-hydrogen) atoms. The largest absolute Gasteiger partial charge is 0.350 e. The molecular weight excluding hydrogens is 521 g/mol. The third kappa shape index (κ3) is 4.98. The van der Waals surface area contributed by atoms with Gasteiger partial charge in [-0.3, -0.25) is 14.4 Å². The number of halogens is 3. The van der Waals surface area contributed by atoms with Crippen LogP contribution in [0.3, 0.4) is 0 Å². The van der Waals surface area contributed by atoms with Crippen molar-refractivity contribution in [2.24, 2.45) is 0 Å². The van der Waals surface area contributed by atoms with E-state index in [1.54, 1.807) is 24.3 Å². The number of amides is 3. The lowest BCUT2D eigenvalue weighted by atomic mass is 10.0. The molecule has 2 N–H and O–H groups in total. The van der Waals surface area contributed by atoms with Crippen LogP contribution in [0.4, 0.5) is 17.1 Å². The molecule has 0 spiro atoms. The van der Waals surface area contributed by atoms with E-state index in [1.807, 2.05) is 32.0 Å². The molecule has 0 saturated heterocycles. The van der Waals surface area contributed by atoms with E-state index < -0.39 is 11.8 Å². The predicted molar refractivity (Wildman–Crippen MR) is 145 cm³/mol. The SMILES string of the molecule is CCc1cccc(CC)c1NC(=O)c1ccc(NC2=C(Cl)C(=O)N(c3ccc(Cl)cc3Cl)C2=O)cc1. The standard InChI is InChI=1S/C27H22Cl3N3O3/c1-3-15-6-5-7-16(4-2)23(15)32-25(34)17-8-11-19(12-9-17)31-24-22(30)26(35)33(27(24)36)21-13-10-18(28)14-20(21)29/h5-14,31H,3-4H2,1-2H3,(H,32,34). The van der Waals surface area contributed by atoms with Crippen LogP contribution in [0.2, 0.25) is 10.0 Å². The van der Waals surface area contributed by atoms with Gasteiger partial charge in [0.15, 0.2) is 0 Å². The first kappa shape index (κ1) is 25.8. The van der Waals surface area contributed by atoms with Gasteiger partial charge in [0.25, 0.3) is 17.7 Å². The Morgan fingerprint density at radius 1 is 0.861 bits per heavy atom. The van der Waals surface area contributed by atoms with Crippen LogP contribution in [0.1, 0.15) is 35.3 Å². The number of aryl methyl sites for hydroxylation is 2. The average Bonchev–Trinajstić information content (AvgIpc) is 3.07. The van der Waals surface area contributed by atoms with Crippen LogP contribution in [-0.2, 0) is 22.4 Å². The highest BCUT2D eigenvalue weighted by molar-refractivity contribution is 6.54. The van der Waals surface area contributed by atoms with Gasteiger partial charge >= 0.3 is 0 Å². The highest BCUT2D eigenvalue weighted by Crippen LogP contribution is 2.35. The minimum Gasteiger partial charge on any atom is -0.350 e. The maximum Gasteiger partial charge on any atom is 0.283 e. The molecule has 3 aromatic carbocycles. The lowest BCUT2D eigenvalue weighted by Gasteiger charge is -2.17. The summed E-state index contributed by atoms with van der Waals surface area (Å²) in [6, 6.07) is 16.9. The van der Waals surface area contributed by atoms with Crippen LogP contribution in [0.25, 0.3) is 0 Å². The Labute approximate surface area is 223 Å². The summed E-state index contributed by atoms with van der Waals surface area (Å²) in [5, 5.41) is 6.16. The van der Waals surface area contributed by atoms with Crippen molar-refractivity contribution in [2.45, 2.75) is 26.7 Å². The monoisotopic (exact) mass is 541 g/mol. The van der Waals surface area contributed by atoms with Crippen LogP contribution in [0.15, 0.2) is 71.4 Å². The molecule has 0 fully saturated rings. The highest BCUT2D eigenvalue weighted by atomic mass is 35.5. The molecule has 0 radical (unpaired) electrons. The first-order valence-electron chi connectivity index (χ1n) is 11.3. The molecule has 0 atom stereocenters. The van der Waals surface area contributed by atoms with Crippen molar-refractivity contribution in [1.29, 1.82) is 0 Å². The van der Waals surface area contributed by atoms with E-state index in [2.05, 4.69) is 10.6 Å². The fourth-order valence-corrected chi connectivity index (χ4v) is 4.64. The summed E-state index contributed by atoms with van der Waals surface area (Å²) >= 11 is 18.3. The van der Waals surface area contributed by atoms with E-state index >= 15 is 0 Å². The van der Waals surface area contributed by atoms with Crippen LogP contribution in [0.5, 0.6) is 0 Å². The normalized spacial score (nSPS) is 13.4. The number of benzene rings is 3. The number of nitrogens with one attached hydrogen (secondary N) is 2. The number of hydrogen-bond donors (Lipinski definition) is 2. The Bertz CT molecular complexity index is 1380. The van der Waals surface area contributed by atoms with E-state index in [-0.39, 0.29) is 27.3 Å². The van der Waals surface area contributed by atoms with Crippen molar-refractivity contribution in [3.05, 3.63) is 98.1 Å². The summed E-state index contributed by atoms with van der Waals surface area (Å²) in [4.78, 5) is 39.5. The Balaban J connectivity index is 1.51. The number of carbonyl (C=O) groups is 3. The molecule has 1 aliphatic rings. The Kier molecular flexibility index (Phi) is 7.69. The summed E-state index contributed by atoms with van der Waals surface area (Å²) in [7, 11) is 0. The maximum absolute atomic E-state index is 13.0. The molecular formula is C27H22Cl3N3O3. The Morgan fingerprint density at radius 3 is 2.08 bits per heavy atom. The van der Waals surface area contributed by atoms with E-state index in [1.165, 1.54) is 18.2 Å². The topological polar surface area (TPSA) is 78.5 Å². The van der Waals surface area contributed by atoms with Crippen LogP contribution in [0, 0.1) is 0 Å². The molecule has 0 saturated carbocycles. The van der Waals surface area contributed by atoms with Gasteiger partial charge in [0, 0.05) is 22.0 Å². The number of imide groups is 1. The molecule has 6 nitrogen and oxygen atoms in total. The third-order valence-electron chi connectivity index (χ3n) is 5.83. The predicted octanol–water partition coefficient (Wildman–Crippen LogP) is 6.81. The number of rotatable bonds is 7. The van der Waals surface area contributed by atoms with Gasteiger partial charge in [-0.1, -0.05) is 66.8 Å². The van der Waals surface area contributed by atoms with Gasteiger partial charge in [-0.25, -0.2) is 4.90 Å². The molecule has 3 amide bonds. The second-order valence-corrected chi connectivity index (χ2v) is 9.27. The summed E-state index contributed by atoms with van der Waals surface area (Å²) in [6.07, 6.45) is 1.60. The number of anilines is 3. The second-order valence-electron chi connectivity index (χ2n) is 8.05. The van der Waals surface area contributed by atoms with Crippen molar-refractivity contribution in [3.8, 4) is 0 Å². The van der Waals surface area contributed by atoms with Gasteiger partial charge in [0.1, 0.15) is 10.7 Å². The maximum atomic E-state index is 13.0. The minimum absolute atomic E-state index is 0.0886. The van der Waals surface area contributed by atoms with Gasteiger partial charge in [0.05, 0.1) is 10.7 Å². The second kappa shape index (κ2) is 10.7. The molecule has 9 heteroatoms. The molecule has 0 aromatic heterocycles. The van der Waals surface area contributed by atoms with Crippen molar-refractivity contribution in [2.75, 3.05) is 15.5 Å². The first-order valence-corrected chi connectivity index (χ1v) is 12.4. The molecule has 0 aliphatic carbocycles. The zero-order valence-corrected chi connectivity index (χ0v) is 21.8. The smallest absolute Gasteiger partial charge is 0.283 e. The highest BCUT2D eigenvalue weighted by Gasteiger charge is 2.39. The lowest BCUT2D eigenvalue weighted by molar-refractivity contribution is -0.120. The molecule has 3 aromatic rings. The number of hydrogen-bond acceptors (Lipinski definition) is 4. The molecule has 4 rings (SSSR count). The van der Waals surface area contributed by atoms with Gasteiger partial charge in [-0.05, 0) is 66.4 Å². The Morgan fingerprint density at radius 2 is 1.50 bits per heavy atom. The average molecular weight is 543 g/mol. The lowest BCUT2D eigenvalue weighted by Crippen LogP contribution is -2.32. The van der Waals surface area contributed by atoms with Crippen molar-refractivity contribution >= 4 is 69.6 Å². The van der Waals surface area contributed by atoms with E-state index in [0.717, 1.165) is 34.6 Å². The molecule has 1 aliphatic heterocycles. The zero-order chi connectivity index (χ0) is 26.0. The zero-order valence-electron chi connectivity index (χ0n) is 19.5. The molecule has 0 bridgehead atoms. The Hall–Kier alpha value is -3.32.